The molecule has 62 valence electrons. The average Bonchev–Trinajstić information content (AvgIpc) is 2.18. The first-order valence-electron chi connectivity index (χ1n) is 3.84. The van der Waals surface area contributed by atoms with Crippen molar-refractivity contribution in [3.05, 3.63) is 17.7 Å². The Bertz CT molecular complexity index is 237. The standard InChI is InChI=1S/C8H15N3/c1-6(9)4-8-10-5-7(2)11(8)3/h5-6H,4,9H2,1-3H3. The zero-order chi connectivity index (χ0) is 8.43. The minimum absolute atomic E-state index is 0.190. The van der Waals surface area contributed by atoms with E-state index in [1.807, 2.05) is 27.1 Å². The van der Waals surface area contributed by atoms with E-state index >= 15 is 0 Å². The molecule has 0 saturated heterocycles. The summed E-state index contributed by atoms with van der Waals surface area (Å²) in [4.78, 5) is 4.24. The SMILES string of the molecule is Cc1cnc(CC(C)N)n1C. The van der Waals surface area contributed by atoms with Crippen LogP contribution in [0, 0.1) is 6.92 Å². The van der Waals surface area contributed by atoms with Gasteiger partial charge in [0.25, 0.3) is 0 Å². The molecule has 1 heterocycles. The molecule has 0 radical (unpaired) electrons. The van der Waals surface area contributed by atoms with Crippen molar-refractivity contribution in [1.29, 1.82) is 0 Å². The molecule has 1 aromatic rings. The van der Waals surface area contributed by atoms with Crippen LogP contribution in [0.2, 0.25) is 0 Å². The fraction of sp³-hybridized carbons (Fsp3) is 0.625. The first-order valence-corrected chi connectivity index (χ1v) is 3.84. The highest BCUT2D eigenvalue weighted by molar-refractivity contribution is 5.03. The Morgan fingerprint density at radius 1 is 1.73 bits per heavy atom. The smallest absolute Gasteiger partial charge is 0.110 e. The van der Waals surface area contributed by atoms with Crippen molar-refractivity contribution in [1.82, 2.24) is 9.55 Å². The van der Waals surface area contributed by atoms with Crippen molar-refractivity contribution in [3.63, 3.8) is 0 Å². The fourth-order valence-corrected chi connectivity index (χ4v) is 1.02. The van der Waals surface area contributed by atoms with Crippen molar-refractivity contribution < 1.29 is 0 Å². The van der Waals surface area contributed by atoms with Crippen LogP contribution in [0.5, 0.6) is 0 Å². The van der Waals surface area contributed by atoms with E-state index in [0.29, 0.717) is 0 Å². The van der Waals surface area contributed by atoms with Crippen molar-refractivity contribution in [3.8, 4) is 0 Å². The lowest BCUT2D eigenvalue weighted by molar-refractivity contribution is 0.666. The summed E-state index contributed by atoms with van der Waals surface area (Å²) in [5.41, 5.74) is 6.83. The molecular weight excluding hydrogens is 138 g/mol. The van der Waals surface area contributed by atoms with E-state index in [4.69, 9.17) is 5.73 Å². The minimum atomic E-state index is 0.190. The Morgan fingerprint density at radius 3 is 2.73 bits per heavy atom. The second kappa shape index (κ2) is 3.05. The van der Waals surface area contributed by atoms with Gasteiger partial charge in [-0.1, -0.05) is 0 Å². The van der Waals surface area contributed by atoms with Gasteiger partial charge in [-0.2, -0.15) is 0 Å². The molecule has 2 N–H and O–H groups in total. The highest BCUT2D eigenvalue weighted by Crippen LogP contribution is 2.02. The molecule has 0 aliphatic carbocycles. The van der Waals surface area contributed by atoms with Gasteiger partial charge < -0.3 is 10.3 Å². The van der Waals surface area contributed by atoms with Crippen LogP contribution in [0.3, 0.4) is 0 Å². The summed E-state index contributed by atoms with van der Waals surface area (Å²) in [5.74, 6) is 1.07. The molecule has 1 atom stereocenters. The highest BCUT2D eigenvalue weighted by Gasteiger charge is 2.04. The van der Waals surface area contributed by atoms with E-state index in [0.717, 1.165) is 12.2 Å². The number of hydrogen-bond donors (Lipinski definition) is 1. The summed E-state index contributed by atoms with van der Waals surface area (Å²) in [6.45, 7) is 4.03. The maximum atomic E-state index is 5.65. The van der Waals surface area contributed by atoms with Gasteiger partial charge in [-0.05, 0) is 13.8 Å². The molecule has 0 saturated carbocycles. The number of nitrogens with two attached hydrogens (primary N) is 1. The molecule has 1 rings (SSSR count). The molecule has 3 heteroatoms. The number of nitrogens with zero attached hydrogens (tertiary/aromatic N) is 2. The van der Waals surface area contributed by atoms with Gasteiger partial charge in [0.2, 0.25) is 0 Å². The Hall–Kier alpha value is -0.830. The van der Waals surface area contributed by atoms with Crippen LogP contribution in [0.1, 0.15) is 18.4 Å². The lowest BCUT2D eigenvalue weighted by Crippen LogP contribution is -2.20. The second-order valence-electron chi connectivity index (χ2n) is 3.06. The van der Waals surface area contributed by atoms with Crippen LogP contribution in [-0.2, 0) is 13.5 Å². The van der Waals surface area contributed by atoms with Gasteiger partial charge in [-0.15, -0.1) is 0 Å². The second-order valence-corrected chi connectivity index (χ2v) is 3.06. The molecule has 0 spiro atoms. The minimum Gasteiger partial charge on any atom is -0.335 e. The maximum Gasteiger partial charge on any atom is 0.110 e. The molecule has 1 unspecified atom stereocenters. The van der Waals surface area contributed by atoms with E-state index < -0.39 is 0 Å². The summed E-state index contributed by atoms with van der Waals surface area (Å²) in [7, 11) is 2.01. The quantitative estimate of drug-likeness (QED) is 0.676. The van der Waals surface area contributed by atoms with E-state index in [-0.39, 0.29) is 6.04 Å². The molecule has 0 aliphatic rings. The fourth-order valence-electron chi connectivity index (χ4n) is 1.02. The van der Waals surface area contributed by atoms with Gasteiger partial charge in [0.15, 0.2) is 0 Å². The van der Waals surface area contributed by atoms with Crippen LogP contribution in [-0.4, -0.2) is 15.6 Å². The summed E-state index contributed by atoms with van der Waals surface area (Å²) >= 11 is 0. The lowest BCUT2D eigenvalue weighted by Gasteiger charge is -2.05. The third-order valence-electron chi connectivity index (χ3n) is 1.82. The van der Waals surface area contributed by atoms with Crippen LogP contribution >= 0.6 is 0 Å². The van der Waals surface area contributed by atoms with Crippen LogP contribution in [0.15, 0.2) is 6.20 Å². The maximum absolute atomic E-state index is 5.65. The monoisotopic (exact) mass is 153 g/mol. The zero-order valence-electron chi connectivity index (χ0n) is 7.33. The lowest BCUT2D eigenvalue weighted by atomic mass is 10.2. The van der Waals surface area contributed by atoms with E-state index in [1.54, 1.807) is 0 Å². The normalized spacial score (nSPS) is 13.5. The number of aromatic nitrogens is 2. The van der Waals surface area contributed by atoms with Gasteiger partial charge >= 0.3 is 0 Å². The summed E-state index contributed by atoms with van der Waals surface area (Å²) in [5, 5.41) is 0. The van der Waals surface area contributed by atoms with Crippen molar-refractivity contribution in [2.45, 2.75) is 26.3 Å². The van der Waals surface area contributed by atoms with Crippen molar-refractivity contribution in [2.75, 3.05) is 0 Å². The largest absolute Gasteiger partial charge is 0.335 e. The van der Waals surface area contributed by atoms with Gasteiger partial charge in [-0.3, -0.25) is 0 Å². The van der Waals surface area contributed by atoms with Crippen LogP contribution in [0.4, 0.5) is 0 Å². The average molecular weight is 153 g/mol. The van der Waals surface area contributed by atoms with Gasteiger partial charge in [0.1, 0.15) is 5.82 Å². The first-order chi connectivity index (χ1) is 5.11. The van der Waals surface area contributed by atoms with Gasteiger partial charge in [0.05, 0.1) is 0 Å². The van der Waals surface area contributed by atoms with Gasteiger partial charge in [-0.25, -0.2) is 4.98 Å². The van der Waals surface area contributed by atoms with Gasteiger partial charge in [0, 0.05) is 31.4 Å². The van der Waals surface area contributed by atoms with Crippen molar-refractivity contribution in [2.24, 2.45) is 12.8 Å². The number of imidazole rings is 1. The van der Waals surface area contributed by atoms with E-state index in [2.05, 4.69) is 9.55 Å². The Kier molecular flexibility index (Phi) is 2.29. The number of hydrogen-bond acceptors (Lipinski definition) is 2. The Labute approximate surface area is 67.2 Å². The molecule has 11 heavy (non-hydrogen) atoms. The third kappa shape index (κ3) is 1.80. The molecule has 1 aromatic heterocycles. The Balaban J connectivity index is 2.79. The molecule has 0 aliphatic heterocycles. The number of aryl methyl sites for hydroxylation is 1. The number of rotatable bonds is 2. The zero-order valence-corrected chi connectivity index (χ0v) is 7.33. The molecule has 0 amide bonds. The Morgan fingerprint density at radius 2 is 2.36 bits per heavy atom. The predicted octanol–water partition coefficient (Wildman–Crippen LogP) is 0.618. The summed E-state index contributed by atoms with van der Waals surface area (Å²) < 4.78 is 2.07. The first kappa shape index (κ1) is 8.27. The molecule has 3 nitrogen and oxygen atoms in total. The molecule has 0 bridgehead atoms. The summed E-state index contributed by atoms with van der Waals surface area (Å²) in [6.07, 6.45) is 2.72. The highest BCUT2D eigenvalue weighted by atomic mass is 15.1. The molecule has 0 aromatic carbocycles. The van der Waals surface area contributed by atoms with Crippen LogP contribution < -0.4 is 5.73 Å². The van der Waals surface area contributed by atoms with Crippen LogP contribution in [0.25, 0.3) is 0 Å². The molecule has 0 fully saturated rings. The van der Waals surface area contributed by atoms with Crippen molar-refractivity contribution >= 4 is 0 Å². The summed E-state index contributed by atoms with van der Waals surface area (Å²) in [6, 6.07) is 0.190. The third-order valence-corrected chi connectivity index (χ3v) is 1.82. The topological polar surface area (TPSA) is 43.8 Å². The van der Waals surface area contributed by atoms with E-state index in [9.17, 15) is 0 Å². The molecular formula is C8H15N3. The predicted molar refractivity (Wildman–Crippen MR) is 45.3 cm³/mol. The van der Waals surface area contributed by atoms with E-state index in [1.165, 1.54) is 5.69 Å².